The summed E-state index contributed by atoms with van der Waals surface area (Å²) in [5.74, 6) is 1.11. The Kier molecular flexibility index (Phi) is 5.20. The zero-order valence-electron chi connectivity index (χ0n) is 12.9. The summed E-state index contributed by atoms with van der Waals surface area (Å²) in [4.78, 5) is 13.7. The average molecular weight is 297 g/mol. The first kappa shape index (κ1) is 15.6. The number of rotatable bonds is 5. The molecule has 0 unspecified atom stereocenters. The molecule has 2 aromatic carbocycles. The minimum absolute atomic E-state index is 0.370. The van der Waals surface area contributed by atoms with Crippen molar-refractivity contribution in [1.29, 1.82) is 0 Å². The van der Waals surface area contributed by atoms with Crippen molar-refractivity contribution in [2.24, 2.45) is 0 Å². The Bertz CT molecular complexity index is 646. The topological polar surface area (TPSA) is 38.8 Å². The summed E-state index contributed by atoms with van der Waals surface area (Å²) in [7, 11) is 5.09. The zero-order valence-corrected chi connectivity index (χ0v) is 12.9. The van der Waals surface area contributed by atoms with Crippen molar-refractivity contribution in [2.45, 2.75) is 0 Å². The van der Waals surface area contributed by atoms with Gasteiger partial charge in [-0.3, -0.25) is 0 Å². The molecule has 114 valence electrons. The maximum absolute atomic E-state index is 11.9. The minimum Gasteiger partial charge on any atom is -0.465 e. The Morgan fingerprint density at radius 2 is 1.55 bits per heavy atom. The molecule has 2 rings (SSSR count). The molecule has 0 spiro atoms. The number of hydrogen-bond donors (Lipinski definition) is 0. The van der Waals surface area contributed by atoms with Gasteiger partial charge in [-0.25, -0.2) is 4.79 Å². The fourth-order valence-corrected chi connectivity index (χ4v) is 1.94. The number of para-hydroxylation sites is 1. The van der Waals surface area contributed by atoms with E-state index in [2.05, 4.69) is 0 Å². The van der Waals surface area contributed by atoms with E-state index in [9.17, 15) is 4.79 Å². The maximum atomic E-state index is 11.9. The molecule has 0 bridgehead atoms. The van der Waals surface area contributed by atoms with Crippen LogP contribution in [0.3, 0.4) is 0 Å². The van der Waals surface area contributed by atoms with E-state index in [0.717, 1.165) is 11.3 Å². The van der Waals surface area contributed by atoms with Gasteiger partial charge in [-0.05, 0) is 29.8 Å². The number of carbonyl (C=O) groups excluding carboxylic acids is 1. The van der Waals surface area contributed by atoms with E-state index >= 15 is 0 Å². The van der Waals surface area contributed by atoms with Gasteiger partial charge >= 0.3 is 5.97 Å². The molecule has 4 heteroatoms. The smallest absolute Gasteiger partial charge is 0.339 e. The average Bonchev–Trinajstić information content (AvgIpc) is 2.53. The fraction of sp³-hybridized carbons (Fsp3) is 0.167. The van der Waals surface area contributed by atoms with Gasteiger partial charge in [-0.2, -0.15) is 0 Å². The zero-order chi connectivity index (χ0) is 15.9. The largest absolute Gasteiger partial charge is 0.465 e. The van der Waals surface area contributed by atoms with E-state index in [-0.39, 0.29) is 5.97 Å². The van der Waals surface area contributed by atoms with Gasteiger partial charge in [0.05, 0.1) is 12.7 Å². The molecule has 0 aliphatic rings. The van der Waals surface area contributed by atoms with Crippen LogP contribution in [0.2, 0.25) is 0 Å². The monoisotopic (exact) mass is 297 g/mol. The summed E-state index contributed by atoms with van der Waals surface area (Å²) in [6.07, 6.45) is 1.74. The molecule has 0 amide bonds. The van der Waals surface area contributed by atoms with Crippen LogP contribution in [0.4, 0.5) is 0 Å². The molecule has 0 radical (unpaired) electrons. The highest BCUT2D eigenvalue weighted by Crippen LogP contribution is 2.24. The molecular weight excluding hydrogens is 278 g/mol. The third-order valence-corrected chi connectivity index (χ3v) is 2.94. The molecule has 0 atom stereocenters. The van der Waals surface area contributed by atoms with E-state index in [1.165, 1.54) is 7.11 Å². The van der Waals surface area contributed by atoms with E-state index < -0.39 is 0 Å². The van der Waals surface area contributed by atoms with Crippen LogP contribution < -0.4 is 4.74 Å². The lowest BCUT2D eigenvalue weighted by Gasteiger charge is -2.11. The summed E-state index contributed by atoms with van der Waals surface area (Å²) >= 11 is 0. The molecule has 0 aliphatic carbocycles. The quantitative estimate of drug-likeness (QED) is 0.625. The van der Waals surface area contributed by atoms with Gasteiger partial charge in [0.2, 0.25) is 0 Å². The normalized spacial score (nSPS) is 11.0. The van der Waals surface area contributed by atoms with E-state index in [0.29, 0.717) is 11.3 Å². The van der Waals surface area contributed by atoms with Gasteiger partial charge in [0, 0.05) is 20.3 Å². The van der Waals surface area contributed by atoms with Crippen LogP contribution in [0.1, 0.15) is 5.56 Å². The molecule has 2 aromatic rings. The minimum atomic E-state index is -0.370. The Hall–Kier alpha value is -2.75. The van der Waals surface area contributed by atoms with E-state index in [4.69, 9.17) is 9.47 Å². The SMILES string of the molecule is COC(=O)/C(=C\N(C)C)c1ccc(Oc2ccccc2)cc1. The molecule has 4 nitrogen and oxygen atoms in total. The van der Waals surface area contributed by atoms with Crippen LogP contribution in [-0.4, -0.2) is 32.1 Å². The second-order valence-electron chi connectivity index (χ2n) is 4.94. The van der Waals surface area contributed by atoms with Gasteiger partial charge in [-0.1, -0.05) is 30.3 Å². The Morgan fingerprint density at radius 1 is 0.955 bits per heavy atom. The Morgan fingerprint density at radius 3 is 2.09 bits per heavy atom. The van der Waals surface area contributed by atoms with Gasteiger partial charge in [0.15, 0.2) is 0 Å². The van der Waals surface area contributed by atoms with Crippen molar-refractivity contribution in [3.05, 3.63) is 66.4 Å². The summed E-state index contributed by atoms with van der Waals surface area (Å²) < 4.78 is 10.6. The number of hydrogen-bond acceptors (Lipinski definition) is 4. The lowest BCUT2D eigenvalue weighted by atomic mass is 10.1. The predicted octanol–water partition coefficient (Wildman–Crippen LogP) is 3.55. The number of benzene rings is 2. The number of ether oxygens (including phenoxy) is 2. The van der Waals surface area contributed by atoms with Crippen molar-refractivity contribution in [3.8, 4) is 11.5 Å². The lowest BCUT2D eigenvalue weighted by Crippen LogP contribution is -2.10. The highest BCUT2D eigenvalue weighted by molar-refractivity contribution is 6.16. The van der Waals surface area contributed by atoms with Gasteiger partial charge in [-0.15, -0.1) is 0 Å². The van der Waals surface area contributed by atoms with Crippen LogP contribution in [-0.2, 0) is 9.53 Å². The number of methoxy groups -OCH3 is 1. The molecule has 0 fully saturated rings. The van der Waals surface area contributed by atoms with E-state index in [1.54, 1.807) is 11.1 Å². The first-order chi connectivity index (χ1) is 10.6. The fourth-order valence-electron chi connectivity index (χ4n) is 1.94. The third kappa shape index (κ3) is 4.12. The van der Waals surface area contributed by atoms with Crippen LogP contribution in [0.5, 0.6) is 11.5 Å². The van der Waals surface area contributed by atoms with Crippen LogP contribution >= 0.6 is 0 Å². The first-order valence-electron chi connectivity index (χ1n) is 6.90. The number of nitrogens with zero attached hydrogens (tertiary/aromatic N) is 1. The van der Waals surface area contributed by atoms with Gasteiger partial charge in [0.25, 0.3) is 0 Å². The third-order valence-electron chi connectivity index (χ3n) is 2.94. The van der Waals surface area contributed by atoms with Crippen molar-refractivity contribution < 1.29 is 14.3 Å². The molecule has 0 saturated carbocycles. The van der Waals surface area contributed by atoms with Crippen LogP contribution in [0, 0.1) is 0 Å². The number of carbonyl (C=O) groups is 1. The molecule has 22 heavy (non-hydrogen) atoms. The van der Waals surface area contributed by atoms with Crippen LogP contribution in [0.25, 0.3) is 5.57 Å². The second-order valence-corrected chi connectivity index (χ2v) is 4.94. The van der Waals surface area contributed by atoms with Crippen LogP contribution in [0.15, 0.2) is 60.8 Å². The van der Waals surface area contributed by atoms with E-state index in [1.807, 2.05) is 68.7 Å². The summed E-state index contributed by atoms with van der Waals surface area (Å²) in [5, 5.41) is 0. The molecule has 0 aliphatic heterocycles. The van der Waals surface area contributed by atoms with Gasteiger partial charge in [0.1, 0.15) is 11.5 Å². The number of esters is 1. The molecule has 0 saturated heterocycles. The summed E-state index contributed by atoms with van der Waals surface area (Å²) in [6.45, 7) is 0. The standard InChI is InChI=1S/C18H19NO3/c1-19(2)13-17(18(20)21-3)14-9-11-16(12-10-14)22-15-7-5-4-6-8-15/h4-13H,1-3H3/b17-13-. The highest BCUT2D eigenvalue weighted by atomic mass is 16.5. The molecular formula is C18H19NO3. The maximum Gasteiger partial charge on any atom is 0.339 e. The highest BCUT2D eigenvalue weighted by Gasteiger charge is 2.13. The van der Waals surface area contributed by atoms with Gasteiger partial charge < -0.3 is 14.4 Å². The predicted molar refractivity (Wildman–Crippen MR) is 86.6 cm³/mol. The lowest BCUT2D eigenvalue weighted by molar-refractivity contribution is -0.133. The Labute approximate surface area is 130 Å². The van der Waals surface area contributed by atoms with Crippen molar-refractivity contribution in [1.82, 2.24) is 4.90 Å². The first-order valence-corrected chi connectivity index (χ1v) is 6.90. The van der Waals surface area contributed by atoms with Crippen molar-refractivity contribution >= 4 is 11.5 Å². The van der Waals surface area contributed by atoms with Crippen molar-refractivity contribution in [2.75, 3.05) is 21.2 Å². The second kappa shape index (κ2) is 7.31. The summed E-state index contributed by atoms with van der Waals surface area (Å²) in [5.41, 5.74) is 1.28. The molecule has 0 heterocycles. The molecule has 0 N–H and O–H groups in total. The summed E-state index contributed by atoms with van der Waals surface area (Å²) in [6, 6.07) is 16.9. The van der Waals surface area contributed by atoms with Crippen molar-refractivity contribution in [3.63, 3.8) is 0 Å². The molecule has 0 aromatic heterocycles. The Balaban J connectivity index is 2.21.